The second-order valence-electron chi connectivity index (χ2n) is 5.33. The van der Waals surface area contributed by atoms with Gasteiger partial charge in [-0.3, -0.25) is 10.1 Å². The number of pyridine rings is 1. The number of anilines is 1. The Bertz CT molecular complexity index is 509. The van der Waals surface area contributed by atoms with E-state index in [4.69, 9.17) is 11.6 Å². The Hall–Kier alpha value is -1.36. The Morgan fingerprint density at radius 2 is 2.11 bits per heavy atom. The summed E-state index contributed by atoms with van der Waals surface area (Å²) in [6.07, 6.45) is 5.85. The highest BCUT2D eigenvalue weighted by atomic mass is 35.5. The van der Waals surface area contributed by atoms with Gasteiger partial charge in [-0.25, -0.2) is 4.98 Å². The van der Waals surface area contributed by atoms with Crippen molar-refractivity contribution in [3.8, 4) is 0 Å². The lowest BCUT2D eigenvalue weighted by Gasteiger charge is -2.38. The Morgan fingerprint density at radius 1 is 1.32 bits per heavy atom. The number of rotatable bonds is 2. The molecule has 0 spiro atoms. The van der Waals surface area contributed by atoms with Crippen LogP contribution in [0.5, 0.6) is 0 Å². The van der Waals surface area contributed by atoms with E-state index in [1.54, 1.807) is 0 Å². The third kappa shape index (κ3) is 2.27. The summed E-state index contributed by atoms with van der Waals surface area (Å²) in [6, 6.07) is 3.35. The van der Waals surface area contributed by atoms with Crippen molar-refractivity contribution in [3.05, 3.63) is 27.4 Å². The van der Waals surface area contributed by atoms with E-state index in [-0.39, 0.29) is 10.6 Å². The van der Waals surface area contributed by atoms with Gasteiger partial charge in [0, 0.05) is 18.7 Å². The van der Waals surface area contributed by atoms with Crippen molar-refractivity contribution in [2.24, 2.45) is 5.92 Å². The first-order valence-electron chi connectivity index (χ1n) is 6.74. The van der Waals surface area contributed by atoms with Gasteiger partial charge in [0.25, 0.3) is 0 Å². The molecule has 6 heteroatoms. The number of hydrogen-bond donors (Lipinski definition) is 0. The fourth-order valence-electron chi connectivity index (χ4n) is 3.49. The summed E-state index contributed by atoms with van der Waals surface area (Å²) in [7, 11) is 0. The molecule has 1 aromatic heterocycles. The maximum atomic E-state index is 11.2. The molecule has 1 aliphatic carbocycles. The van der Waals surface area contributed by atoms with Gasteiger partial charge in [0.2, 0.25) is 5.82 Å². The van der Waals surface area contributed by atoms with E-state index in [1.807, 2.05) is 0 Å². The molecule has 0 N–H and O–H groups in total. The first-order valence-corrected chi connectivity index (χ1v) is 7.12. The summed E-state index contributed by atoms with van der Waals surface area (Å²) < 4.78 is 0. The highest BCUT2D eigenvalue weighted by Crippen LogP contribution is 2.41. The van der Waals surface area contributed by atoms with Crippen molar-refractivity contribution in [1.82, 2.24) is 4.98 Å². The lowest BCUT2D eigenvalue weighted by atomic mass is 9.92. The number of nitro groups is 1. The Labute approximate surface area is 116 Å². The molecule has 5 nitrogen and oxygen atoms in total. The van der Waals surface area contributed by atoms with Crippen LogP contribution in [0.3, 0.4) is 0 Å². The molecular weight excluding hydrogens is 266 g/mol. The van der Waals surface area contributed by atoms with Crippen LogP contribution in [0.15, 0.2) is 12.1 Å². The Balaban J connectivity index is 2.00. The molecule has 2 atom stereocenters. The summed E-state index contributed by atoms with van der Waals surface area (Å²) in [6.45, 7) is 0.843. The number of fused-ring (bicyclic) bond motifs is 1. The van der Waals surface area contributed by atoms with E-state index in [1.165, 1.54) is 31.4 Å². The van der Waals surface area contributed by atoms with Gasteiger partial charge in [0.15, 0.2) is 0 Å². The molecule has 3 rings (SSSR count). The van der Waals surface area contributed by atoms with E-state index < -0.39 is 0 Å². The zero-order valence-corrected chi connectivity index (χ0v) is 11.3. The number of aromatic nitrogens is 1. The maximum absolute atomic E-state index is 11.2. The van der Waals surface area contributed by atoms with Crippen LogP contribution < -0.4 is 4.90 Å². The molecule has 19 heavy (non-hydrogen) atoms. The number of halogens is 1. The molecule has 0 radical (unpaired) electrons. The fraction of sp³-hybridized carbons (Fsp3) is 0.615. The smallest absolute Gasteiger partial charge is 0.311 e. The van der Waals surface area contributed by atoms with E-state index >= 15 is 0 Å². The summed E-state index contributed by atoms with van der Waals surface area (Å²) in [5.74, 6) is 1.11. The molecule has 1 aliphatic heterocycles. The first-order chi connectivity index (χ1) is 9.16. The SMILES string of the molecule is O=[N+]([O-])c1ccc(Cl)nc1N1CCCC2CCCC21. The summed E-state index contributed by atoms with van der Waals surface area (Å²) in [5.41, 5.74) is 0.0666. The van der Waals surface area contributed by atoms with Crippen molar-refractivity contribution in [2.75, 3.05) is 11.4 Å². The average Bonchev–Trinajstić information content (AvgIpc) is 2.86. The molecule has 1 saturated carbocycles. The molecule has 2 fully saturated rings. The molecule has 2 aliphatic rings. The van der Waals surface area contributed by atoms with Gasteiger partial charge in [-0.15, -0.1) is 0 Å². The summed E-state index contributed by atoms with van der Waals surface area (Å²) >= 11 is 5.92. The van der Waals surface area contributed by atoms with Crippen molar-refractivity contribution in [3.63, 3.8) is 0 Å². The number of nitrogens with zero attached hydrogens (tertiary/aromatic N) is 3. The van der Waals surface area contributed by atoms with Gasteiger partial charge in [-0.05, 0) is 37.7 Å². The van der Waals surface area contributed by atoms with Gasteiger partial charge in [0.05, 0.1) is 4.92 Å². The largest absolute Gasteiger partial charge is 0.348 e. The molecule has 2 heterocycles. The van der Waals surface area contributed by atoms with Gasteiger partial charge >= 0.3 is 5.69 Å². The predicted octanol–water partition coefficient (Wildman–Crippen LogP) is 3.41. The molecule has 1 saturated heterocycles. The van der Waals surface area contributed by atoms with Gasteiger partial charge < -0.3 is 4.90 Å². The lowest BCUT2D eigenvalue weighted by molar-refractivity contribution is -0.384. The normalized spacial score (nSPS) is 26.3. The predicted molar refractivity (Wildman–Crippen MR) is 73.6 cm³/mol. The third-order valence-corrected chi connectivity index (χ3v) is 4.49. The van der Waals surface area contributed by atoms with Crippen LogP contribution in [-0.2, 0) is 0 Å². The van der Waals surface area contributed by atoms with Crippen LogP contribution in [0.4, 0.5) is 11.5 Å². The van der Waals surface area contributed by atoms with Crippen LogP contribution >= 0.6 is 11.6 Å². The zero-order valence-electron chi connectivity index (χ0n) is 10.6. The van der Waals surface area contributed by atoms with E-state index in [0.29, 0.717) is 22.9 Å². The second-order valence-corrected chi connectivity index (χ2v) is 5.72. The fourth-order valence-corrected chi connectivity index (χ4v) is 3.63. The van der Waals surface area contributed by atoms with Crippen molar-refractivity contribution < 1.29 is 4.92 Å². The molecular formula is C13H16ClN3O2. The van der Waals surface area contributed by atoms with Crippen LogP contribution in [0, 0.1) is 16.0 Å². The molecule has 0 aromatic carbocycles. The molecule has 1 aromatic rings. The Morgan fingerprint density at radius 3 is 2.89 bits per heavy atom. The molecule has 0 amide bonds. The van der Waals surface area contributed by atoms with Crippen LogP contribution in [-0.4, -0.2) is 22.5 Å². The van der Waals surface area contributed by atoms with Crippen LogP contribution in [0.2, 0.25) is 5.15 Å². The van der Waals surface area contributed by atoms with Crippen LogP contribution in [0.25, 0.3) is 0 Å². The molecule has 102 valence electrons. The van der Waals surface area contributed by atoms with Crippen molar-refractivity contribution in [1.29, 1.82) is 0 Å². The average molecular weight is 282 g/mol. The monoisotopic (exact) mass is 281 g/mol. The number of hydrogen-bond acceptors (Lipinski definition) is 4. The van der Waals surface area contributed by atoms with E-state index in [9.17, 15) is 10.1 Å². The lowest BCUT2D eigenvalue weighted by Crippen LogP contribution is -2.43. The van der Waals surface area contributed by atoms with E-state index in [2.05, 4.69) is 9.88 Å². The highest BCUT2D eigenvalue weighted by Gasteiger charge is 2.38. The number of piperidine rings is 1. The van der Waals surface area contributed by atoms with E-state index in [0.717, 1.165) is 19.4 Å². The maximum Gasteiger partial charge on any atom is 0.311 e. The molecule has 0 bridgehead atoms. The van der Waals surface area contributed by atoms with Crippen molar-refractivity contribution in [2.45, 2.75) is 38.1 Å². The van der Waals surface area contributed by atoms with Gasteiger partial charge in [0.1, 0.15) is 5.15 Å². The summed E-state index contributed by atoms with van der Waals surface area (Å²) in [4.78, 5) is 17.1. The minimum Gasteiger partial charge on any atom is -0.348 e. The standard InChI is InChI=1S/C13H16ClN3O2/c14-12-7-6-11(17(18)19)13(15-12)16-8-2-4-9-3-1-5-10(9)16/h6-7,9-10H,1-5,8H2. The van der Waals surface area contributed by atoms with Crippen LogP contribution in [0.1, 0.15) is 32.1 Å². The highest BCUT2D eigenvalue weighted by molar-refractivity contribution is 6.29. The van der Waals surface area contributed by atoms with Crippen molar-refractivity contribution >= 4 is 23.1 Å². The quantitative estimate of drug-likeness (QED) is 0.473. The topological polar surface area (TPSA) is 59.3 Å². The first kappa shape index (κ1) is 12.7. The van der Waals surface area contributed by atoms with Gasteiger partial charge in [-0.1, -0.05) is 18.0 Å². The minimum absolute atomic E-state index is 0.0666. The Kier molecular flexibility index (Phi) is 3.31. The second kappa shape index (κ2) is 4.96. The third-order valence-electron chi connectivity index (χ3n) is 4.28. The summed E-state index contributed by atoms with van der Waals surface area (Å²) in [5, 5.41) is 11.5. The molecule has 2 unspecified atom stereocenters. The van der Waals surface area contributed by atoms with Gasteiger partial charge in [-0.2, -0.15) is 0 Å². The minimum atomic E-state index is -0.364. The zero-order chi connectivity index (χ0) is 13.4.